The second-order valence-corrected chi connectivity index (χ2v) is 10.2. The van der Waals surface area contributed by atoms with Crippen molar-refractivity contribution in [3.8, 4) is 0 Å². The van der Waals surface area contributed by atoms with Crippen LogP contribution in [-0.2, 0) is 4.74 Å². The number of nitrogens with zero attached hydrogens (tertiary/aromatic N) is 6. The van der Waals surface area contributed by atoms with Crippen molar-refractivity contribution in [2.75, 3.05) is 48.5 Å². The van der Waals surface area contributed by atoms with E-state index in [0.29, 0.717) is 43.2 Å². The summed E-state index contributed by atoms with van der Waals surface area (Å²) in [5, 5.41) is 15.3. The molecule has 0 bridgehead atoms. The van der Waals surface area contributed by atoms with E-state index < -0.39 is 11.8 Å². The lowest BCUT2D eigenvalue weighted by Crippen LogP contribution is -2.52. The maximum Gasteiger partial charge on any atom is 0.227 e. The molecule has 2 fully saturated rings. The fraction of sp³-hybridized carbons (Fsp3) is 0.538. The van der Waals surface area contributed by atoms with Crippen LogP contribution in [0.15, 0.2) is 30.7 Å². The Bertz CT molecular complexity index is 1240. The lowest BCUT2D eigenvalue weighted by Gasteiger charge is -2.40. The van der Waals surface area contributed by atoms with Gasteiger partial charge in [-0.2, -0.15) is 4.98 Å². The zero-order valence-corrected chi connectivity index (χ0v) is 21.3. The van der Waals surface area contributed by atoms with E-state index in [1.165, 1.54) is 6.92 Å². The quantitative estimate of drug-likeness (QED) is 0.507. The number of ether oxygens (including phenoxy) is 1. The average Bonchev–Trinajstić information content (AvgIpc) is 2.85. The van der Waals surface area contributed by atoms with Crippen LogP contribution in [0, 0.1) is 0 Å². The van der Waals surface area contributed by atoms with Crippen LogP contribution in [0.4, 0.5) is 27.8 Å². The molecule has 2 aliphatic rings. The minimum absolute atomic E-state index is 0.0390. The summed E-state index contributed by atoms with van der Waals surface area (Å²) in [6.07, 6.45) is 5.98. The Balaban J connectivity index is 1.45. The molecule has 0 aliphatic carbocycles. The molecule has 0 saturated carbocycles. The summed E-state index contributed by atoms with van der Waals surface area (Å²) in [7, 11) is 1.71. The SMILES string of the molecule is COC[C@H](C)c1cnc(N2CC[C@H]2C)c2cnc(Nc3ccnc(N4CC[C@@H](O)[C@@](C)(F)C4)n3)cc12. The highest BCUT2D eigenvalue weighted by Gasteiger charge is 2.39. The number of fused-ring (bicyclic) bond motifs is 1. The normalized spacial score (nSPS) is 25.1. The number of methoxy groups -OCH3 is 1. The number of hydrogen-bond acceptors (Lipinski definition) is 9. The molecule has 2 aliphatic heterocycles. The Morgan fingerprint density at radius 1 is 1.19 bits per heavy atom. The molecule has 5 heterocycles. The van der Waals surface area contributed by atoms with Crippen LogP contribution in [0.2, 0.25) is 0 Å². The molecule has 0 spiro atoms. The molecule has 2 N–H and O–H groups in total. The summed E-state index contributed by atoms with van der Waals surface area (Å²) >= 11 is 0. The van der Waals surface area contributed by atoms with Crippen LogP contribution in [0.3, 0.4) is 0 Å². The maximum atomic E-state index is 14.7. The molecule has 3 aromatic heterocycles. The first-order valence-corrected chi connectivity index (χ1v) is 12.5. The van der Waals surface area contributed by atoms with E-state index in [0.717, 1.165) is 35.1 Å². The minimum Gasteiger partial charge on any atom is -0.390 e. The fourth-order valence-corrected chi connectivity index (χ4v) is 5.01. The number of pyridine rings is 2. The first-order chi connectivity index (χ1) is 17.3. The average molecular weight is 496 g/mol. The first kappa shape index (κ1) is 24.6. The van der Waals surface area contributed by atoms with Gasteiger partial charge in [0.15, 0.2) is 5.67 Å². The number of aromatic nitrogens is 4. The molecular weight excluding hydrogens is 461 g/mol. The van der Waals surface area contributed by atoms with E-state index in [1.807, 2.05) is 18.5 Å². The van der Waals surface area contributed by atoms with E-state index in [1.54, 1.807) is 24.3 Å². The highest BCUT2D eigenvalue weighted by Crippen LogP contribution is 2.36. The molecule has 2 saturated heterocycles. The third kappa shape index (κ3) is 4.67. The topological polar surface area (TPSA) is 99.5 Å². The van der Waals surface area contributed by atoms with Gasteiger partial charge < -0.3 is 25.0 Å². The van der Waals surface area contributed by atoms with Gasteiger partial charge in [-0.3, -0.25) is 0 Å². The van der Waals surface area contributed by atoms with Gasteiger partial charge >= 0.3 is 0 Å². The number of aliphatic hydroxyl groups excluding tert-OH is 1. The standard InChI is InChI=1S/C26H34FN7O2/c1-16(14-36-4)19-12-30-24(34-10-6-17(34)2)20-13-29-23(11-18(19)20)31-22-5-8-28-25(32-22)33-9-7-21(35)26(3,27)15-33/h5,8,11-13,16-17,21,35H,6-7,9-10,14-15H2,1-4H3,(H,28,29,31,32)/t16-,17+,21+,26-/m0/s1. The predicted molar refractivity (Wildman–Crippen MR) is 139 cm³/mol. The third-order valence-electron chi connectivity index (χ3n) is 7.37. The second kappa shape index (κ2) is 9.74. The molecule has 0 aromatic carbocycles. The molecule has 0 unspecified atom stereocenters. The third-order valence-corrected chi connectivity index (χ3v) is 7.37. The lowest BCUT2D eigenvalue weighted by atomic mass is 9.94. The summed E-state index contributed by atoms with van der Waals surface area (Å²) in [5.74, 6) is 2.76. The van der Waals surface area contributed by atoms with Gasteiger partial charge in [0.25, 0.3) is 0 Å². The van der Waals surface area contributed by atoms with Crippen LogP contribution < -0.4 is 15.1 Å². The largest absolute Gasteiger partial charge is 0.390 e. The predicted octanol–water partition coefficient (Wildman–Crippen LogP) is 3.81. The van der Waals surface area contributed by atoms with E-state index in [4.69, 9.17) is 9.72 Å². The number of rotatable bonds is 7. The smallest absolute Gasteiger partial charge is 0.227 e. The zero-order chi connectivity index (χ0) is 25.4. The van der Waals surface area contributed by atoms with E-state index in [-0.39, 0.29) is 12.5 Å². The molecule has 4 atom stereocenters. The molecule has 0 amide bonds. The summed E-state index contributed by atoms with van der Waals surface area (Å²) in [5.41, 5.74) is -0.605. The van der Waals surface area contributed by atoms with Crippen LogP contribution in [0.5, 0.6) is 0 Å². The van der Waals surface area contributed by atoms with Crippen molar-refractivity contribution < 1.29 is 14.2 Å². The van der Waals surface area contributed by atoms with Crippen LogP contribution in [-0.4, -0.2) is 76.2 Å². The van der Waals surface area contributed by atoms with Crippen molar-refractivity contribution in [1.29, 1.82) is 0 Å². The highest BCUT2D eigenvalue weighted by atomic mass is 19.1. The fourth-order valence-electron chi connectivity index (χ4n) is 5.01. The number of halogens is 1. The van der Waals surface area contributed by atoms with Gasteiger partial charge in [-0.25, -0.2) is 19.3 Å². The van der Waals surface area contributed by atoms with Gasteiger partial charge in [-0.15, -0.1) is 0 Å². The highest BCUT2D eigenvalue weighted by molar-refractivity contribution is 5.96. The van der Waals surface area contributed by atoms with Gasteiger partial charge in [0.05, 0.1) is 19.3 Å². The van der Waals surface area contributed by atoms with Crippen molar-refractivity contribution in [3.63, 3.8) is 0 Å². The molecule has 192 valence electrons. The van der Waals surface area contributed by atoms with Gasteiger partial charge in [-0.05, 0) is 49.8 Å². The molecule has 9 nitrogen and oxygen atoms in total. The molecule has 3 aromatic rings. The van der Waals surface area contributed by atoms with Crippen molar-refractivity contribution in [2.45, 2.75) is 57.3 Å². The molecule has 5 rings (SSSR count). The van der Waals surface area contributed by atoms with E-state index in [2.05, 4.69) is 39.0 Å². The number of piperidine rings is 1. The Kier molecular flexibility index (Phi) is 6.65. The van der Waals surface area contributed by atoms with Crippen LogP contribution >= 0.6 is 0 Å². The monoisotopic (exact) mass is 495 g/mol. The number of aliphatic hydroxyl groups is 1. The lowest BCUT2D eigenvalue weighted by molar-refractivity contribution is -0.00860. The number of anilines is 4. The Morgan fingerprint density at radius 2 is 2.03 bits per heavy atom. The molecule has 0 radical (unpaired) electrons. The van der Waals surface area contributed by atoms with Crippen molar-refractivity contribution in [2.24, 2.45) is 0 Å². The van der Waals surface area contributed by atoms with E-state index in [9.17, 15) is 9.50 Å². The van der Waals surface area contributed by atoms with Gasteiger partial charge in [0.2, 0.25) is 5.95 Å². The molecular formula is C26H34FN7O2. The van der Waals surface area contributed by atoms with Crippen LogP contribution in [0.25, 0.3) is 10.8 Å². The summed E-state index contributed by atoms with van der Waals surface area (Å²) in [4.78, 5) is 22.5. The Labute approximate surface area is 210 Å². The number of alkyl halides is 1. The van der Waals surface area contributed by atoms with Gasteiger partial charge in [0, 0.05) is 56.1 Å². The summed E-state index contributed by atoms with van der Waals surface area (Å²) in [6, 6.07) is 4.25. The Morgan fingerprint density at radius 3 is 2.72 bits per heavy atom. The first-order valence-electron chi connectivity index (χ1n) is 12.5. The van der Waals surface area contributed by atoms with Gasteiger partial charge in [0.1, 0.15) is 17.5 Å². The van der Waals surface area contributed by atoms with Gasteiger partial charge in [-0.1, -0.05) is 6.92 Å². The van der Waals surface area contributed by atoms with Crippen molar-refractivity contribution in [1.82, 2.24) is 19.9 Å². The summed E-state index contributed by atoms with van der Waals surface area (Å²) < 4.78 is 20.1. The van der Waals surface area contributed by atoms with Crippen molar-refractivity contribution >= 4 is 34.2 Å². The van der Waals surface area contributed by atoms with E-state index >= 15 is 0 Å². The minimum atomic E-state index is -1.71. The number of hydrogen-bond donors (Lipinski definition) is 2. The van der Waals surface area contributed by atoms with Crippen LogP contribution in [0.1, 0.15) is 45.1 Å². The second-order valence-electron chi connectivity index (χ2n) is 10.2. The molecule has 36 heavy (non-hydrogen) atoms. The molecule has 10 heteroatoms. The summed E-state index contributed by atoms with van der Waals surface area (Å²) in [6.45, 7) is 7.87. The van der Waals surface area contributed by atoms with Crippen molar-refractivity contribution in [3.05, 3.63) is 36.3 Å². The zero-order valence-electron chi connectivity index (χ0n) is 21.3. The number of nitrogens with one attached hydrogen (secondary N) is 1. The maximum absolute atomic E-state index is 14.7. The Hall–Kier alpha value is -3.11.